The molecule has 3 nitrogen and oxygen atoms in total. The lowest BCUT2D eigenvalue weighted by Gasteiger charge is -2.23. The summed E-state index contributed by atoms with van der Waals surface area (Å²) in [5, 5.41) is 9.71. The number of ether oxygens (including phenoxy) is 1. The van der Waals surface area contributed by atoms with Crippen LogP contribution in [0.1, 0.15) is 32.6 Å². The Balaban J connectivity index is 2.84. The Morgan fingerprint density at radius 3 is 3.07 bits per heavy atom. The normalized spacial score (nSPS) is 21.3. The molecule has 0 heterocycles. The van der Waals surface area contributed by atoms with Crippen LogP contribution in [-0.2, 0) is 9.53 Å². The average Bonchev–Trinajstić information content (AvgIpc) is 2.18. The highest BCUT2D eigenvalue weighted by Gasteiger charge is 2.28. The molecule has 1 unspecified atom stereocenters. The average molecular weight is 210 g/mol. The van der Waals surface area contributed by atoms with Crippen LogP contribution in [0.15, 0.2) is 24.0 Å². The van der Waals surface area contributed by atoms with Crippen molar-refractivity contribution in [1.82, 2.24) is 0 Å². The molecule has 0 radical (unpaired) electrons. The van der Waals surface area contributed by atoms with Gasteiger partial charge in [-0.15, -0.1) is 6.58 Å². The van der Waals surface area contributed by atoms with Crippen LogP contribution in [0.25, 0.3) is 0 Å². The summed E-state index contributed by atoms with van der Waals surface area (Å²) < 4.78 is 4.94. The maximum absolute atomic E-state index is 11.6. The predicted octanol–water partition coefficient (Wildman–Crippen LogP) is 2.74. The van der Waals surface area contributed by atoms with E-state index in [-0.39, 0.29) is 17.6 Å². The highest BCUT2D eigenvalue weighted by Crippen LogP contribution is 2.32. The summed E-state index contributed by atoms with van der Waals surface area (Å²) in [6, 6.07) is 0. The molecule has 0 aromatic carbocycles. The van der Waals surface area contributed by atoms with Crippen molar-refractivity contribution in [2.45, 2.75) is 32.6 Å². The van der Waals surface area contributed by atoms with Gasteiger partial charge in [-0.2, -0.15) is 0 Å². The molecule has 0 spiro atoms. The summed E-state index contributed by atoms with van der Waals surface area (Å²) in [5.74, 6) is -0.0941. The summed E-state index contributed by atoms with van der Waals surface area (Å²) in [5.41, 5.74) is 0.461. The molecule has 0 aliphatic heterocycles. The van der Waals surface area contributed by atoms with Gasteiger partial charge in [0.15, 0.2) is 0 Å². The summed E-state index contributed by atoms with van der Waals surface area (Å²) in [4.78, 5) is 11.6. The molecule has 0 amide bonds. The molecular formula is C12H18O3. The maximum atomic E-state index is 11.6. The standard InChI is InChI=1S/C12H18O3/c1-3-6-9-7-5-8-10(13)11(9)12(14)15-4-2/h3,9,13H,1,4-8H2,2H3. The summed E-state index contributed by atoms with van der Waals surface area (Å²) in [6.45, 7) is 5.77. The first-order chi connectivity index (χ1) is 7.20. The third kappa shape index (κ3) is 2.85. The van der Waals surface area contributed by atoms with Crippen molar-refractivity contribution in [3.05, 3.63) is 24.0 Å². The van der Waals surface area contributed by atoms with Gasteiger partial charge >= 0.3 is 5.97 Å². The van der Waals surface area contributed by atoms with Gasteiger partial charge in [0, 0.05) is 6.42 Å². The second-order valence-corrected chi connectivity index (χ2v) is 3.69. The number of carbonyl (C=O) groups is 1. The van der Waals surface area contributed by atoms with E-state index < -0.39 is 0 Å². The molecule has 15 heavy (non-hydrogen) atoms. The van der Waals surface area contributed by atoms with Crippen molar-refractivity contribution >= 4 is 5.97 Å². The fourth-order valence-electron chi connectivity index (χ4n) is 1.96. The predicted molar refractivity (Wildman–Crippen MR) is 58.4 cm³/mol. The Kier molecular flexibility index (Phi) is 4.40. The molecule has 1 N–H and O–H groups in total. The fourth-order valence-corrected chi connectivity index (χ4v) is 1.96. The van der Waals surface area contributed by atoms with E-state index in [1.54, 1.807) is 13.0 Å². The van der Waals surface area contributed by atoms with Crippen LogP contribution < -0.4 is 0 Å². The minimum Gasteiger partial charge on any atom is -0.512 e. The number of aliphatic hydroxyl groups is 1. The van der Waals surface area contributed by atoms with E-state index in [1.807, 2.05) is 0 Å². The Hall–Kier alpha value is -1.25. The molecule has 1 rings (SSSR count). The Labute approximate surface area is 90.4 Å². The van der Waals surface area contributed by atoms with Crippen LogP contribution in [-0.4, -0.2) is 17.7 Å². The van der Waals surface area contributed by atoms with Gasteiger partial charge in [0.05, 0.1) is 12.2 Å². The molecule has 3 heteroatoms. The van der Waals surface area contributed by atoms with Crippen molar-refractivity contribution in [2.24, 2.45) is 5.92 Å². The zero-order chi connectivity index (χ0) is 11.3. The number of esters is 1. The summed E-state index contributed by atoms with van der Waals surface area (Å²) >= 11 is 0. The molecule has 0 saturated carbocycles. The lowest BCUT2D eigenvalue weighted by atomic mass is 9.84. The van der Waals surface area contributed by atoms with Gasteiger partial charge < -0.3 is 9.84 Å². The molecule has 0 saturated heterocycles. The van der Waals surface area contributed by atoms with Gasteiger partial charge in [-0.05, 0) is 32.1 Å². The molecule has 0 bridgehead atoms. The molecule has 1 atom stereocenters. The van der Waals surface area contributed by atoms with Crippen LogP contribution in [0.3, 0.4) is 0 Å². The second kappa shape index (κ2) is 5.59. The van der Waals surface area contributed by atoms with Crippen LogP contribution >= 0.6 is 0 Å². The van der Waals surface area contributed by atoms with Crippen molar-refractivity contribution in [3.8, 4) is 0 Å². The number of aliphatic hydroxyl groups excluding tert-OH is 1. The van der Waals surface area contributed by atoms with Crippen LogP contribution in [0.5, 0.6) is 0 Å². The first-order valence-electron chi connectivity index (χ1n) is 5.40. The molecule has 84 valence electrons. The minimum atomic E-state index is -0.374. The van der Waals surface area contributed by atoms with E-state index >= 15 is 0 Å². The van der Waals surface area contributed by atoms with E-state index in [2.05, 4.69) is 6.58 Å². The molecule has 0 aromatic heterocycles. The van der Waals surface area contributed by atoms with E-state index in [0.29, 0.717) is 18.6 Å². The third-order valence-electron chi connectivity index (χ3n) is 2.63. The van der Waals surface area contributed by atoms with E-state index in [9.17, 15) is 9.90 Å². The topological polar surface area (TPSA) is 46.5 Å². The lowest BCUT2D eigenvalue weighted by Crippen LogP contribution is -2.21. The van der Waals surface area contributed by atoms with Gasteiger partial charge in [0.1, 0.15) is 5.76 Å². The molecular weight excluding hydrogens is 192 g/mol. The van der Waals surface area contributed by atoms with Gasteiger partial charge in [0.25, 0.3) is 0 Å². The largest absolute Gasteiger partial charge is 0.512 e. The van der Waals surface area contributed by atoms with Crippen LogP contribution in [0.2, 0.25) is 0 Å². The van der Waals surface area contributed by atoms with E-state index in [0.717, 1.165) is 19.3 Å². The number of rotatable bonds is 4. The van der Waals surface area contributed by atoms with Crippen molar-refractivity contribution < 1.29 is 14.6 Å². The Morgan fingerprint density at radius 2 is 2.47 bits per heavy atom. The second-order valence-electron chi connectivity index (χ2n) is 3.69. The molecule has 1 aliphatic rings. The molecule has 0 aromatic rings. The maximum Gasteiger partial charge on any atom is 0.337 e. The number of carbonyl (C=O) groups excluding carboxylic acids is 1. The molecule has 1 aliphatic carbocycles. The smallest absolute Gasteiger partial charge is 0.337 e. The zero-order valence-electron chi connectivity index (χ0n) is 9.16. The zero-order valence-corrected chi connectivity index (χ0v) is 9.16. The third-order valence-corrected chi connectivity index (χ3v) is 2.63. The lowest BCUT2D eigenvalue weighted by molar-refractivity contribution is -0.139. The highest BCUT2D eigenvalue weighted by atomic mass is 16.5. The monoisotopic (exact) mass is 210 g/mol. The van der Waals surface area contributed by atoms with Crippen molar-refractivity contribution in [2.75, 3.05) is 6.61 Å². The van der Waals surface area contributed by atoms with E-state index in [1.165, 1.54) is 0 Å². The molecule has 0 fully saturated rings. The summed E-state index contributed by atoms with van der Waals surface area (Å²) in [6.07, 6.45) is 4.93. The first kappa shape index (κ1) is 11.8. The van der Waals surface area contributed by atoms with Crippen LogP contribution in [0.4, 0.5) is 0 Å². The van der Waals surface area contributed by atoms with Gasteiger partial charge in [-0.25, -0.2) is 4.79 Å². The Bertz CT molecular complexity index is 279. The van der Waals surface area contributed by atoms with Crippen molar-refractivity contribution in [3.63, 3.8) is 0 Å². The van der Waals surface area contributed by atoms with Gasteiger partial charge in [-0.1, -0.05) is 6.08 Å². The fraction of sp³-hybridized carbons (Fsp3) is 0.583. The van der Waals surface area contributed by atoms with Crippen LogP contribution in [0, 0.1) is 5.92 Å². The van der Waals surface area contributed by atoms with E-state index in [4.69, 9.17) is 4.74 Å². The number of hydrogen-bond acceptors (Lipinski definition) is 3. The van der Waals surface area contributed by atoms with Gasteiger partial charge in [-0.3, -0.25) is 0 Å². The first-order valence-corrected chi connectivity index (χ1v) is 5.40. The highest BCUT2D eigenvalue weighted by molar-refractivity contribution is 5.89. The Morgan fingerprint density at radius 1 is 1.73 bits per heavy atom. The SMILES string of the molecule is C=CCC1CCCC(O)=C1C(=O)OCC. The number of allylic oxidation sites excluding steroid dienone is 2. The minimum absolute atomic E-state index is 0.0790. The van der Waals surface area contributed by atoms with Gasteiger partial charge in [0.2, 0.25) is 0 Å². The van der Waals surface area contributed by atoms with Crippen molar-refractivity contribution in [1.29, 1.82) is 0 Å². The quantitative estimate of drug-likeness (QED) is 0.573. The number of hydrogen-bond donors (Lipinski definition) is 1. The summed E-state index contributed by atoms with van der Waals surface area (Å²) in [7, 11) is 0.